The minimum Gasteiger partial charge on any atom is -0.452 e. The lowest BCUT2D eigenvalue weighted by atomic mass is 9.95. The fourth-order valence-corrected chi connectivity index (χ4v) is 5.03. The van der Waals surface area contributed by atoms with E-state index in [1.807, 2.05) is 30.3 Å². The van der Waals surface area contributed by atoms with Gasteiger partial charge in [0.2, 0.25) is 10.0 Å². The van der Waals surface area contributed by atoms with Crippen LogP contribution in [0.1, 0.15) is 48.0 Å². The number of sulfonamides is 1. The lowest BCUT2D eigenvalue weighted by Gasteiger charge is -2.22. The van der Waals surface area contributed by atoms with Crippen molar-refractivity contribution in [2.24, 2.45) is 0 Å². The molecule has 0 spiro atoms. The Morgan fingerprint density at radius 2 is 1.78 bits per heavy atom. The minimum absolute atomic E-state index is 0.0485. The SMILES string of the molecule is CN(Cc1ccccc1)S(=O)(=O)c1ccc(Cl)c(C(=O)OCC(=O)NC2CCCCC2)c1. The number of halogens is 1. The third-order valence-corrected chi connectivity index (χ3v) is 7.55. The number of carbonyl (C=O) groups excluding carboxylic acids is 2. The van der Waals surface area contributed by atoms with Crippen LogP contribution < -0.4 is 5.32 Å². The number of carbonyl (C=O) groups is 2. The van der Waals surface area contributed by atoms with Crippen LogP contribution in [-0.4, -0.2) is 44.3 Å². The van der Waals surface area contributed by atoms with Gasteiger partial charge >= 0.3 is 5.97 Å². The van der Waals surface area contributed by atoms with Gasteiger partial charge in [0.05, 0.1) is 15.5 Å². The second-order valence-electron chi connectivity index (χ2n) is 7.87. The maximum atomic E-state index is 13.0. The van der Waals surface area contributed by atoms with Crippen LogP contribution in [0.5, 0.6) is 0 Å². The zero-order chi connectivity index (χ0) is 23.1. The Kier molecular flexibility index (Phi) is 8.28. The van der Waals surface area contributed by atoms with Gasteiger partial charge in [-0.3, -0.25) is 4.79 Å². The molecule has 0 atom stereocenters. The Morgan fingerprint density at radius 1 is 1.09 bits per heavy atom. The van der Waals surface area contributed by atoms with Gasteiger partial charge in [-0.15, -0.1) is 0 Å². The van der Waals surface area contributed by atoms with Crippen LogP contribution in [0.25, 0.3) is 0 Å². The monoisotopic (exact) mass is 478 g/mol. The second kappa shape index (κ2) is 10.9. The van der Waals surface area contributed by atoms with Crippen molar-refractivity contribution in [2.45, 2.75) is 49.6 Å². The molecule has 0 unspecified atom stereocenters. The summed E-state index contributed by atoms with van der Waals surface area (Å²) in [4.78, 5) is 24.5. The van der Waals surface area contributed by atoms with E-state index >= 15 is 0 Å². The van der Waals surface area contributed by atoms with Gasteiger partial charge in [0, 0.05) is 19.6 Å². The number of nitrogens with one attached hydrogen (secondary N) is 1. The molecule has 1 aliphatic rings. The van der Waals surface area contributed by atoms with Gasteiger partial charge in [-0.05, 0) is 36.6 Å². The number of amides is 1. The maximum absolute atomic E-state index is 13.0. The largest absolute Gasteiger partial charge is 0.452 e. The molecule has 1 amide bonds. The summed E-state index contributed by atoms with van der Waals surface area (Å²) in [6.07, 6.45) is 5.14. The normalized spacial score (nSPS) is 14.8. The first kappa shape index (κ1) is 24.2. The van der Waals surface area contributed by atoms with Gasteiger partial charge in [0.15, 0.2) is 6.61 Å². The van der Waals surface area contributed by atoms with Crippen LogP contribution >= 0.6 is 11.6 Å². The quantitative estimate of drug-likeness (QED) is 0.583. The Labute approximate surface area is 193 Å². The van der Waals surface area contributed by atoms with Crippen LogP contribution in [0.15, 0.2) is 53.4 Å². The maximum Gasteiger partial charge on any atom is 0.340 e. The molecule has 0 heterocycles. The van der Waals surface area contributed by atoms with Crippen molar-refractivity contribution < 1.29 is 22.7 Å². The van der Waals surface area contributed by atoms with Gasteiger partial charge < -0.3 is 10.1 Å². The van der Waals surface area contributed by atoms with Crippen molar-refractivity contribution in [3.8, 4) is 0 Å². The molecule has 0 bridgehead atoms. The van der Waals surface area contributed by atoms with Crippen molar-refractivity contribution >= 4 is 33.5 Å². The number of benzene rings is 2. The first-order valence-electron chi connectivity index (χ1n) is 10.5. The van der Waals surface area contributed by atoms with Gasteiger partial charge in [-0.1, -0.05) is 61.2 Å². The van der Waals surface area contributed by atoms with E-state index in [-0.39, 0.29) is 34.0 Å². The van der Waals surface area contributed by atoms with E-state index < -0.39 is 22.6 Å². The summed E-state index contributed by atoms with van der Waals surface area (Å²) in [5, 5.41) is 2.91. The summed E-state index contributed by atoms with van der Waals surface area (Å²) >= 11 is 6.11. The van der Waals surface area contributed by atoms with Gasteiger partial charge in [-0.2, -0.15) is 4.31 Å². The summed E-state index contributed by atoms with van der Waals surface area (Å²) in [6.45, 7) is -0.274. The molecule has 0 saturated heterocycles. The van der Waals surface area contributed by atoms with Crippen molar-refractivity contribution in [2.75, 3.05) is 13.7 Å². The Morgan fingerprint density at radius 3 is 2.47 bits per heavy atom. The van der Waals surface area contributed by atoms with Gasteiger partial charge in [0.25, 0.3) is 5.91 Å². The Hall–Kier alpha value is -2.42. The third-order valence-electron chi connectivity index (χ3n) is 5.42. The lowest BCUT2D eigenvalue weighted by Crippen LogP contribution is -2.38. The predicted molar refractivity (Wildman–Crippen MR) is 122 cm³/mol. The molecular formula is C23H27ClN2O5S. The molecule has 1 saturated carbocycles. The van der Waals surface area contributed by atoms with E-state index in [4.69, 9.17) is 16.3 Å². The first-order chi connectivity index (χ1) is 15.3. The summed E-state index contributed by atoms with van der Waals surface area (Å²) in [6, 6.07) is 13.1. The molecule has 3 rings (SSSR count). The molecule has 1 N–H and O–H groups in total. The molecule has 172 valence electrons. The highest BCUT2D eigenvalue weighted by atomic mass is 35.5. The van der Waals surface area contributed by atoms with Gasteiger partial charge in [0.1, 0.15) is 0 Å². The molecule has 7 nitrogen and oxygen atoms in total. The average molecular weight is 479 g/mol. The fourth-order valence-electron chi connectivity index (χ4n) is 3.65. The molecule has 2 aromatic carbocycles. The number of nitrogens with zero attached hydrogens (tertiary/aromatic N) is 1. The molecule has 1 fully saturated rings. The number of ether oxygens (including phenoxy) is 1. The van der Waals surface area contributed by atoms with E-state index in [1.165, 1.54) is 36.0 Å². The van der Waals surface area contributed by atoms with E-state index in [0.29, 0.717) is 0 Å². The molecular weight excluding hydrogens is 452 g/mol. The van der Waals surface area contributed by atoms with Crippen molar-refractivity contribution in [3.63, 3.8) is 0 Å². The number of hydrogen-bond acceptors (Lipinski definition) is 5. The minimum atomic E-state index is -3.87. The van der Waals surface area contributed by atoms with E-state index in [9.17, 15) is 18.0 Å². The van der Waals surface area contributed by atoms with E-state index in [2.05, 4.69) is 5.32 Å². The Balaban J connectivity index is 1.66. The Bertz CT molecular complexity index is 1050. The van der Waals surface area contributed by atoms with E-state index in [1.54, 1.807) is 0 Å². The molecule has 2 aromatic rings. The summed E-state index contributed by atoms with van der Waals surface area (Å²) in [5.74, 6) is -1.23. The zero-order valence-electron chi connectivity index (χ0n) is 17.9. The number of hydrogen-bond donors (Lipinski definition) is 1. The molecule has 0 radical (unpaired) electrons. The molecule has 0 aliphatic heterocycles. The summed E-state index contributed by atoms with van der Waals surface area (Å²) in [5.41, 5.74) is 0.725. The zero-order valence-corrected chi connectivity index (χ0v) is 19.5. The topological polar surface area (TPSA) is 92.8 Å². The standard InChI is InChI=1S/C23H27ClN2O5S/c1-26(15-17-8-4-2-5-9-17)32(29,30)19-12-13-21(24)20(14-19)23(28)31-16-22(27)25-18-10-6-3-7-11-18/h2,4-5,8-9,12-14,18H,3,6-7,10-11,15-16H2,1H3,(H,25,27). The lowest BCUT2D eigenvalue weighted by molar-refractivity contribution is -0.125. The highest BCUT2D eigenvalue weighted by Gasteiger charge is 2.24. The van der Waals surface area contributed by atoms with Crippen LogP contribution in [0, 0.1) is 0 Å². The van der Waals surface area contributed by atoms with Gasteiger partial charge in [-0.25, -0.2) is 13.2 Å². The van der Waals surface area contributed by atoms with Crippen molar-refractivity contribution in [1.82, 2.24) is 9.62 Å². The second-order valence-corrected chi connectivity index (χ2v) is 10.3. The smallest absolute Gasteiger partial charge is 0.340 e. The third kappa shape index (κ3) is 6.31. The van der Waals surface area contributed by atoms with E-state index in [0.717, 1.165) is 31.2 Å². The average Bonchev–Trinajstić information content (AvgIpc) is 2.79. The van der Waals surface area contributed by atoms with Crippen LogP contribution in [0.4, 0.5) is 0 Å². The molecule has 9 heteroatoms. The highest BCUT2D eigenvalue weighted by molar-refractivity contribution is 7.89. The van der Waals surface area contributed by atoms with Crippen LogP contribution in [-0.2, 0) is 26.1 Å². The van der Waals surface area contributed by atoms with Crippen molar-refractivity contribution in [1.29, 1.82) is 0 Å². The van der Waals surface area contributed by atoms with Crippen LogP contribution in [0.3, 0.4) is 0 Å². The summed E-state index contributed by atoms with van der Waals surface area (Å²) in [7, 11) is -2.41. The predicted octanol–water partition coefficient (Wildman–Crippen LogP) is 3.77. The van der Waals surface area contributed by atoms with Crippen LogP contribution in [0.2, 0.25) is 5.02 Å². The fraction of sp³-hybridized carbons (Fsp3) is 0.391. The first-order valence-corrected chi connectivity index (χ1v) is 12.4. The number of esters is 1. The molecule has 1 aliphatic carbocycles. The van der Waals surface area contributed by atoms with Crippen molar-refractivity contribution in [3.05, 3.63) is 64.7 Å². The number of rotatable bonds is 8. The molecule has 0 aromatic heterocycles. The summed E-state index contributed by atoms with van der Waals surface area (Å²) < 4.78 is 32.2. The highest BCUT2D eigenvalue weighted by Crippen LogP contribution is 2.24. The molecule has 32 heavy (non-hydrogen) atoms.